The fraction of sp³-hybridized carbons (Fsp3) is 0.250. The fourth-order valence-corrected chi connectivity index (χ4v) is 3.07. The predicted molar refractivity (Wildman–Crippen MR) is 90.2 cm³/mol. The first kappa shape index (κ1) is 14.8. The van der Waals surface area contributed by atoms with Crippen LogP contribution in [0.2, 0.25) is 0 Å². The molecule has 3 aromatic heterocycles. The number of hydrogen-bond acceptors (Lipinski definition) is 6. The molecule has 1 N–H and O–H groups in total. The van der Waals surface area contributed by atoms with Crippen LogP contribution in [0.3, 0.4) is 0 Å². The summed E-state index contributed by atoms with van der Waals surface area (Å²) in [6.07, 6.45) is 6.76. The van der Waals surface area contributed by atoms with E-state index >= 15 is 0 Å². The lowest BCUT2D eigenvalue weighted by Gasteiger charge is -2.38. The molecule has 1 aliphatic heterocycles. The average molecular weight is 349 g/mol. The van der Waals surface area contributed by atoms with Gasteiger partial charge in [-0.1, -0.05) is 5.21 Å². The summed E-state index contributed by atoms with van der Waals surface area (Å²) in [6, 6.07) is 5.64. The van der Waals surface area contributed by atoms with E-state index in [1.165, 1.54) is 0 Å². The van der Waals surface area contributed by atoms with Gasteiger partial charge < -0.3 is 9.88 Å². The van der Waals surface area contributed by atoms with Gasteiger partial charge in [-0.25, -0.2) is 9.67 Å². The summed E-state index contributed by atoms with van der Waals surface area (Å²) in [5, 5.41) is 16.4. The van der Waals surface area contributed by atoms with Crippen molar-refractivity contribution in [2.24, 2.45) is 0 Å². The van der Waals surface area contributed by atoms with Gasteiger partial charge >= 0.3 is 0 Å². The topological polar surface area (TPSA) is 110 Å². The zero-order valence-corrected chi connectivity index (χ0v) is 13.7. The third-order valence-electron chi connectivity index (χ3n) is 4.52. The third-order valence-corrected chi connectivity index (χ3v) is 4.52. The molecule has 0 bridgehead atoms. The molecule has 0 radical (unpaired) electrons. The minimum Gasteiger partial charge on any atom is -0.345 e. The number of H-pyrrole nitrogens is 1. The van der Waals surface area contributed by atoms with Gasteiger partial charge in [-0.05, 0) is 18.2 Å². The van der Waals surface area contributed by atoms with Crippen LogP contribution in [0.1, 0.15) is 22.1 Å². The highest BCUT2D eigenvalue weighted by Gasteiger charge is 2.33. The van der Waals surface area contributed by atoms with Gasteiger partial charge in [-0.3, -0.25) is 4.79 Å². The van der Waals surface area contributed by atoms with Crippen LogP contribution >= 0.6 is 0 Å². The summed E-state index contributed by atoms with van der Waals surface area (Å²) in [7, 11) is 0. The van der Waals surface area contributed by atoms with Crippen molar-refractivity contribution >= 4 is 16.9 Å². The normalized spacial score (nSPS) is 14.7. The van der Waals surface area contributed by atoms with E-state index in [0.717, 1.165) is 16.7 Å². The van der Waals surface area contributed by atoms with E-state index in [1.54, 1.807) is 33.1 Å². The average Bonchev–Trinajstić information content (AvgIpc) is 3.34. The van der Waals surface area contributed by atoms with Gasteiger partial charge in [0.15, 0.2) is 0 Å². The number of rotatable bonds is 4. The van der Waals surface area contributed by atoms with Crippen LogP contribution < -0.4 is 0 Å². The number of imidazole rings is 1. The fourth-order valence-electron chi connectivity index (χ4n) is 3.07. The van der Waals surface area contributed by atoms with Crippen LogP contribution in [0.25, 0.3) is 11.0 Å². The van der Waals surface area contributed by atoms with E-state index in [1.807, 2.05) is 24.4 Å². The van der Waals surface area contributed by atoms with Gasteiger partial charge in [0.2, 0.25) is 0 Å². The molecule has 0 atom stereocenters. The Morgan fingerprint density at radius 2 is 2.08 bits per heavy atom. The van der Waals surface area contributed by atoms with E-state index in [2.05, 4.69) is 30.5 Å². The lowest BCUT2D eigenvalue weighted by atomic mass is 10.1. The Labute approximate surface area is 147 Å². The molecule has 10 heteroatoms. The summed E-state index contributed by atoms with van der Waals surface area (Å²) < 4.78 is 1.81. The molecule has 26 heavy (non-hydrogen) atoms. The molecule has 1 amide bonds. The maximum absolute atomic E-state index is 12.6. The Kier molecular flexibility index (Phi) is 3.27. The predicted octanol–water partition coefficient (Wildman–Crippen LogP) is 0.491. The molecule has 0 unspecified atom stereocenters. The zero-order chi connectivity index (χ0) is 17.5. The van der Waals surface area contributed by atoms with E-state index in [9.17, 15) is 4.79 Å². The molecule has 0 aliphatic carbocycles. The second-order valence-electron chi connectivity index (χ2n) is 6.25. The SMILES string of the molecule is O=C(c1ccc2nc[nH]c2c1)N1CC(n2cc(Cn3nccn3)nn2)C1. The summed E-state index contributed by atoms with van der Waals surface area (Å²) in [6.45, 7) is 1.71. The van der Waals surface area contributed by atoms with Gasteiger partial charge in [-0.15, -0.1) is 5.10 Å². The third kappa shape index (κ3) is 2.51. The van der Waals surface area contributed by atoms with Crippen LogP contribution in [0.4, 0.5) is 0 Å². The lowest BCUT2D eigenvalue weighted by molar-refractivity contribution is 0.0498. The minimum atomic E-state index is 0.0128. The number of aromatic nitrogens is 8. The highest BCUT2D eigenvalue weighted by Crippen LogP contribution is 2.23. The summed E-state index contributed by atoms with van der Waals surface area (Å²) in [4.78, 5) is 23.2. The number of likely N-dealkylation sites (tertiary alicyclic amines) is 1. The highest BCUT2D eigenvalue weighted by atomic mass is 16.2. The number of carbonyl (C=O) groups excluding carboxylic acids is 1. The molecule has 0 saturated carbocycles. The Morgan fingerprint density at radius 1 is 1.23 bits per heavy atom. The Hall–Kier alpha value is -3.56. The Bertz CT molecular complexity index is 1060. The van der Waals surface area contributed by atoms with Crippen LogP contribution in [-0.4, -0.2) is 63.9 Å². The molecule has 10 nitrogen and oxygen atoms in total. The van der Waals surface area contributed by atoms with Crippen molar-refractivity contribution in [1.82, 2.24) is 44.9 Å². The quantitative estimate of drug-likeness (QED) is 0.574. The number of aromatic amines is 1. The summed E-state index contributed by atoms with van der Waals surface area (Å²) in [5.74, 6) is 0.0128. The molecule has 1 saturated heterocycles. The minimum absolute atomic E-state index is 0.0128. The number of hydrogen-bond donors (Lipinski definition) is 1. The van der Waals surface area contributed by atoms with Crippen LogP contribution in [-0.2, 0) is 6.54 Å². The molecule has 1 aromatic carbocycles. The Morgan fingerprint density at radius 3 is 2.92 bits per heavy atom. The van der Waals surface area contributed by atoms with Gasteiger partial charge in [0.05, 0.1) is 42.0 Å². The molecular formula is C16H15N9O. The maximum atomic E-state index is 12.6. The van der Waals surface area contributed by atoms with Crippen molar-refractivity contribution in [2.75, 3.05) is 13.1 Å². The molecule has 1 fully saturated rings. The largest absolute Gasteiger partial charge is 0.345 e. The van der Waals surface area contributed by atoms with Gasteiger partial charge in [-0.2, -0.15) is 15.0 Å². The molecule has 4 aromatic rings. The number of amides is 1. The number of nitrogens with zero attached hydrogens (tertiary/aromatic N) is 8. The van der Waals surface area contributed by atoms with Crippen LogP contribution in [0, 0.1) is 0 Å². The van der Waals surface area contributed by atoms with Crippen molar-refractivity contribution in [1.29, 1.82) is 0 Å². The van der Waals surface area contributed by atoms with E-state index < -0.39 is 0 Å². The van der Waals surface area contributed by atoms with Crippen LogP contribution in [0.15, 0.2) is 43.1 Å². The number of fused-ring (bicyclic) bond motifs is 1. The first-order valence-corrected chi connectivity index (χ1v) is 8.23. The molecule has 5 rings (SSSR count). The summed E-state index contributed by atoms with van der Waals surface area (Å²) in [5.41, 5.74) is 3.16. The van der Waals surface area contributed by atoms with E-state index in [4.69, 9.17) is 0 Å². The first-order chi connectivity index (χ1) is 12.8. The second kappa shape index (κ2) is 5.76. The monoisotopic (exact) mass is 349 g/mol. The zero-order valence-electron chi connectivity index (χ0n) is 13.7. The van der Waals surface area contributed by atoms with Gasteiger partial charge in [0.25, 0.3) is 5.91 Å². The second-order valence-corrected chi connectivity index (χ2v) is 6.25. The molecule has 130 valence electrons. The lowest BCUT2D eigenvalue weighted by Crippen LogP contribution is -2.50. The van der Waals surface area contributed by atoms with Crippen molar-refractivity contribution < 1.29 is 4.79 Å². The maximum Gasteiger partial charge on any atom is 0.254 e. The highest BCUT2D eigenvalue weighted by molar-refractivity contribution is 5.97. The van der Waals surface area contributed by atoms with Crippen LogP contribution in [0.5, 0.6) is 0 Å². The van der Waals surface area contributed by atoms with Gasteiger partial charge in [0.1, 0.15) is 12.2 Å². The number of benzene rings is 1. The van der Waals surface area contributed by atoms with E-state index in [0.29, 0.717) is 25.2 Å². The van der Waals surface area contributed by atoms with Crippen molar-refractivity contribution in [2.45, 2.75) is 12.6 Å². The molecule has 1 aliphatic rings. The standard InChI is InChI=1S/C16H15N9O/c26-16(11-1-2-14-15(5-11)18-10-17-14)23-8-13(9-23)24-6-12(21-22-24)7-25-19-3-4-20-25/h1-6,10,13H,7-9H2,(H,17,18). The summed E-state index contributed by atoms with van der Waals surface area (Å²) >= 11 is 0. The van der Waals surface area contributed by atoms with E-state index in [-0.39, 0.29) is 11.9 Å². The van der Waals surface area contributed by atoms with Crippen molar-refractivity contribution in [3.63, 3.8) is 0 Å². The number of nitrogens with one attached hydrogen (secondary N) is 1. The van der Waals surface area contributed by atoms with Crippen molar-refractivity contribution in [3.8, 4) is 0 Å². The van der Waals surface area contributed by atoms with Gasteiger partial charge in [0, 0.05) is 18.7 Å². The molecule has 0 spiro atoms. The first-order valence-electron chi connectivity index (χ1n) is 8.23. The molecule has 4 heterocycles. The Balaban J connectivity index is 1.24. The molecular weight excluding hydrogens is 334 g/mol. The number of carbonyl (C=O) groups is 1. The smallest absolute Gasteiger partial charge is 0.254 e. The van der Waals surface area contributed by atoms with Crippen molar-refractivity contribution in [3.05, 3.63) is 54.4 Å².